The topological polar surface area (TPSA) is 25.8 Å². The minimum Gasteiger partial charge on any atom is -0.203 e. The Balaban J connectivity index is 1.56. The van der Waals surface area contributed by atoms with Crippen molar-refractivity contribution in [3.05, 3.63) is 47.2 Å². The Labute approximate surface area is 180 Å². The van der Waals surface area contributed by atoms with Gasteiger partial charge in [0.1, 0.15) is 0 Å². The molecule has 164 valence electrons. The Hall–Kier alpha value is -1.84. The van der Waals surface area contributed by atoms with Gasteiger partial charge in [0.2, 0.25) is 0 Å². The molecule has 2 nitrogen and oxygen atoms in total. The summed E-state index contributed by atoms with van der Waals surface area (Å²) < 4.78 is 29.0. The zero-order chi connectivity index (χ0) is 21.3. The molecule has 0 saturated heterocycles. The monoisotopic (exact) mass is 414 g/mol. The average Bonchev–Trinajstić information content (AvgIpc) is 2.77. The van der Waals surface area contributed by atoms with Gasteiger partial charge in [-0.05, 0) is 61.3 Å². The van der Waals surface area contributed by atoms with Crippen LogP contribution in [0.25, 0.3) is 11.3 Å². The molecule has 0 bridgehead atoms. The van der Waals surface area contributed by atoms with Crippen LogP contribution in [-0.4, -0.2) is 10.2 Å². The SMILES string of the molecule is CCCCCc1ccc(-c2ccc(CCC3CCC(CCC)CC3)nn2)c(F)c1F. The van der Waals surface area contributed by atoms with E-state index in [0.29, 0.717) is 17.7 Å². The first kappa shape index (κ1) is 22.8. The van der Waals surface area contributed by atoms with Crippen molar-refractivity contribution in [2.24, 2.45) is 11.8 Å². The molecule has 0 aliphatic heterocycles. The summed E-state index contributed by atoms with van der Waals surface area (Å²) in [5.74, 6) is 0.160. The normalized spacial score (nSPS) is 19.2. The van der Waals surface area contributed by atoms with Crippen LogP contribution >= 0.6 is 0 Å². The van der Waals surface area contributed by atoms with E-state index in [1.165, 1.54) is 38.5 Å². The second kappa shape index (κ2) is 11.5. The van der Waals surface area contributed by atoms with Crippen LogP contribution in [-0.2, 0) is 12.8 Å². The summed E-state index contributed by atoms with van der Waals surface area (Å²) in [6.45, 7) is 4.37. The second-order valence-electron chi connectivity index (χ2n) is 8.98. The number of halogens is 2. The van der Waals surface area contributed by atoms with E-state index in [1.54, 1.807) is 18.2 Å². The predicted molar refractivity (Wildman–Crippen MR) is 119 cm³/mol. The fourth-order valence-electron chi connectivity index (χ4n) is 4.75. The number of rotatable bonds is 10. The van der Waals surface area contributed by atoms with Crippen LogP contribution in [0.3, 0.4) is 0 Å². The third-order valence-corrected chi connectivity index (χ3v) is 6.68. The summed E-state index contributed by atoms with van der Waals surface area (Å²) in [7, 11) is 0. The lowest BCUT2D eigenvalue weighted by Crippen LogP contribution is -2.15. The van der Waals surface area contributed by atoms with Crippen molar-refractivity contribution in [3.63, 3.8) is 0 Å². The van der Waals surface area contributed by atoms with Gasteiger partial charge in [-0.3, -0.25) is 0 Å². The van der Waals surface area contributed by atoms with Crippen molar-refractivity contribution < 1.29 is 8.78 Å². The van der Waals surface area contributed by atoms with Gasteiger partial charge in [-0.25, -0.2) is 8.78 Å². The third kappa shape index (κ3) is 6.09. The lowest BCUT2D eigenvalue weighted by molar-refractivity contribution is 0.252. The van der Waals surface area contributed by atoms with Gasteiger partial charge in [0.15, 0.2) is 11.6 Å². The van der Waals surface area contributed by atoms with Gasteiger partial charge < -0.3 is 0 Å². The first-order chi connectivity index (χ1) is 14.6. The van der Waals surface area contributed by atoms with Crippen LogP contribution in [0.5, 0.6) is 0 Å². The number of nitrogens with zero attached hydrogens (tertiary/aromatic N) is 2. The quantitative estimate of drug-likeness (QED) is 0.372. The number of benzene rings is 1. The van der Waals surface area contributed by atoms with Gasteiger partial charge in [0.25, 0.3) is 0 Å². The Morgan fingerprint density at radius 3 is 2.13 bits per heavy atom. The van der Waals surface area contributed by atoms with Gasteiger partial charge >= 0.3 is 0 Å². The molecule has 1 aromatic carbocycles. The molecule has 30 heavy (non-hydrogen) atoms. The van der Waals surface area contributed by atoms with E-state index in [2.05, 4.69) is 24.0 Å². The molecule has 1 aromatic heterocycles. The standard InChI is InChI=1S/C26H36F2N2/c1-3-5-6-8-21-14-17-23(26(28)25(21)27)24-18-16-22(29-30-24)15-13-20-11-9-19(7-4-2)10-12-20/h14,16-20H,3-13,15H2,1-2H3. The fourth-order valence-corrected chi connectivity index (χ4v) is 4.75. The van der Waals surface area contributed by atoms with Gasteiger partial charge in [-0.1, -0.05) is 71.3 Å². The highest BCUT2D eigenvalue weighted by Gasteiger charge is 2.21. The minimum absolute atomic E-state index is 0.194. The Bertz CT molecular complexity index is 780. The highest BCUT2D eigenvalue weighted by molar-refractivity contribution is 5.60. The minimum atomic E-state index is -0.810. The Morgan fingerprint density at radius 1 is 0.767 bits per heavy atom. The summed E-state index contributed by atoms with van der Waals surface area (Å²) in [5.41, 5.74) is 1.98. The van der Waals surface area contributed by atoms with E-state index in [9.17, 15) is 8.78 Å². The first-order valence-electron chi connectivity index (χ1n) is 11.9. The van der Waals surface area contributed by atoms with Gasteiger partial charge in [-0.15, -0.1) is 0 Å². The van der Waals surface area contributed by atoms with Gasteiger partial charge in [-0.2, -0.15) is 10.2 Å². The molecule has 1 fully saturated rings. The summed E-state index contributed by atoms with van der Waals surface area (Å²) in [6.07, 6.45) is 13.6. The van der Waals surface area contributed by atoms with Gasteiger partial charge in [0, 0.05) is 5.56 Å². The molecular weight excluding hydrogens is 378 g/mol. The van der Waals surface area contributed by atoms with E-state index in [0.717, 1.165) is 49.6 Å². The molecule has 1 aliphatic rings. The molecule has 0 radical (unpaired) electrons. The number of hydrogen-bond donors (Lipinski definition) is 0. The predicted octanol–water partition coefficient (Wildman–Crippen LogP) is 7.69. The van der Waals surface area contributed by atoms with Crippen molar-refractivity contribution in [2.45, 2.75) is 90.9 Å². The molecule has 4 heteroatoms. The molecule has 0 spiro atoms. The van der Waals surface area contributed by atoms with Crippen molar-refractivity contribution in [1.82, 2.24) is 10.2 Å². The summed E-state index contributed by atoms with van der Waals surface area (Å²) in [6, 6.07) is 7.01. The van der Waals surface area contributed by atoms with E-state index in [4.69, 9.17) is 0 Å². The molecule has 2 aromatic rings. The number of unbranched alkanes of at least 4 members (excludes halogenated alkanes) is 2. The van der Waals surface area contributed by atoms with Crippen molar-refractivity contribution in [1.29, 1.82) is 0 Å². The highest BCUT2D eigenvalue weighted by atomic mass is 19.2. The van der Waals surface area contributed by atoms with E-state index in [1.807, 2.05) is 6.07 Å². The lowest BCUT2D eigenvalue weighted by Gasteiger charge is -2.28. The van der Waals surface area contributed by atoms with Crippen LogP contribution in [0.15, 0.2) is 24.3 Å². The van der Waals surface area contributed by atoms with Gasteiger partial charge in [0.05, 0.1) is 11.4 Å². The molecule has 0 atom stereocenters. The molecule has 3 rings (SSSR count). The van der Waals surface area contributed by atoms with E-state index < -0.39 is 11.6 Å². The largest absolute Gasteiger partial charge is 0.203 e. The van der Waals surface area contributed by atoms with Crippen molar-refractivity contribution in [2.75, 3.05) is 0 Å². The highest BCUT2D eigenvalue weighted by Crippen LogP contribution is 2.34. The molecule has 1 aliphatic carbocycles. The number of aromatic nitrogens is 2. The fraction of sp³-hybridized carbons (Fsp3) is 0.615. The summed E-state index contributed by atoms with van der Waals surface area (Å²) in [4.78, 5) is 0. The van der Waals surface area contributed by atoms with Crippen LogP contribution in [0.4, 0.5) is 8.78 Å². The average molecular weight is 415 g/mol. The molecule has 0 N–H and O–H groups in total. The Kier molecular flexibility index (Phi) is 8.77. The van der Waals surface area contributed by atoms with Crippen LogP contribution in [0, 0.1) is 23.5 Å². The summed E-state index contributed by atoms with van der Waals surface area (Å²) >= 11 is 0. The zero-order valence-corrected chi connectivity index (χ0v) is 18.6. The number of hydrogen-bond acceptors (Lipinski definition) is 2. The van der Waals surface area contributed by atoms with Crippen LogP contribution in [0.1, 0.15) is 89.3 Å². The maximum atomic E-state index is 14.6. The zero-order valence-electron chi connectivity index (χ0n) is 18.6. The maximum absolute atomic E-state index is 14.6. The van der Waals surface area contributed by atoms with E-state index in [-0.39, 0.29) is 5.56 Å². The van der Waals surface area contributed by atoms with Crippen LogP contribution < -0.4 is 0 Å². The second-order valence-corrected chi connectivity index (χ2v) is 8.98. The van der Waals surface area contributed by atoms with Crippen molar-refractivity contribution >= 4 is 0 Å². The summed E-state index contributed by atoms with van der Waals surface area (Å²) in [5, 5.41) is 8.50. The van der Waals surface area contributed by atoms with Crippen LogP contribution in [0.2, 0.25) is 0 Å². The third-order valence-electron chi connectivity index (χ3n) is 6.68. The number of aryl methyl sites for hydroxylation is 2. The molecule has 0 unspecified atom stereocenters. The maximum Gasteiger partial charge on any atom is 0.168 e. The van der Waals surface area contributed by atoms with E-state index >= 15 is 0 Å². The first-order valence-corrected chi connectivity index (χ1v) is 11.9. The molecular formula is C26H36F2N2. The Morgan fingerprint density at radius 2 is 1.50 bits per heavy atom. The molecule has 0 amide bonds. The molecule has 1 saturated carbocycles. The smallest absolute Gasteiger partial charge is 0.168 e. The molecule has 1 heterocycles. The lowest BCUT2D eigenvalue weighted by atomic mass is 9.78. The van der Waals surface area contributed by atoms with Crippen molar-refractivity contribution in [3.8, 4) is 11.3 Å².